The third kappa shape index (κ3) is 4.42. The van der Waals surface area contributed by atoms with Gasteiger partial charge in [-0.1, -0.05) is 11.1 Å². The summed E-state index contributed by atoms with van der Waals surface area (Å²) >= 11 is 0. The van der Waals surface area contributed by atoms with Crippen LogP contribution in [-0.2, 0) is 14.3 Å². The zero-order valence-corrected chi connectivity index (χ0v) is 16.2. The van der Waals surface area contributed by atoms with E-state index in [2.05, 4.69) is 5.32 Å². The van der Waals surface area contributed by atoms with Crippen LogP contribution in [0.5, 0.6) is 0 Å². The van der Waals surface area contributed by atoms with E-state index in [0.29, 0.717) is 50.4 Å². The first-order valence-corrected chi connectivity index (χ1v) is 9.51. The van der Waals surface area contributed by atoms with Crippen molar-refractivity contribution < 1.29 is 24.2 Å². The largest absolute Gasteiger partial charge is 0.550 e. The van der Waals surface area contributed by atoms with E-state index in [1.807, 2.05) is 13.8 Å². The van der Waals surface area contributed by atoms with Gasteiger partial charge in [-0.3, -0.25) is 9.59 Å². The fourth-order valence-electron chi connectivity index (χ4n) is 3.70. The first-order valence-electron chi connectivity index (χ1n) is 9.51. The number of nitrogens with one attached hydrogen (secondary N) is 1. The predicted octanol–water partition coefficient (Wildman–Crippen LogP) is 1.21. The van der Waals surface area contributed by atoms with Crippen LogP contribution >= 0.6 is 0 Å². The Kier molecular flexibility index (Phi) is 6.14. The first-order chi connectivity index (χ1) is 13.4. The van der Waals surface area contributed by atoms with E-state index in [-0.39, 0.29) is 11.8 Å². The molecule has 1 aliphatic carbocycles. The summed E-state index contributed by atoms with van der Waals surface area (Å²) < 4.78 is 5.25. The second-order valence-corrected chi connectivity index (χ2v) is 7.47. The quantitative estimate of drug-likeness (QED) is 0.786. The minimum atomic E-state index is -1.20. The molecule has 1 aromatic rings. The Hall–Kier alpha value is -2.67. The minimum absolute atomic E-state index is 0.0679. The highest BCUT2D eigenvalue weighted by molar-refractivity contribution is 5.97. The van der Waals surface area contributed by atoms with Crippen molar-refractivity contribution in [3.8, 4) is 0 Å². The molecule has 7 heteroatoms. The van der Waals surface area contributed by atoms with E-state index >= 15 is 0 Å². The number of ether oxygens (including phenoxy) is 1. The van der Waals surface area contributed by atoms with Crippen molar-refractivity contribution in [2.45, 2.75) is 26.7 Å². The van der Waals surface area contributed by atoms with Gasteiger partial charge in [0.1, 0.15) is 0 Å². The van der Waals surface area contributed by atoms with Gasteiger partial charge < -0.3 is 24.9 Å². The van der Waals surface area contributed by atoms with Gasteiger partial charge in [-0.05, 0) is 51.0 Å². The lowest BCUT2D eigenvalue weighted by molar-refractivity contribution is -0.313. The van der Waals surface area contributed by atoms with Gasteiger partial charge in [0, 0.05) is 36.2 Å². The third-order valence-electron chi connectivity index (χ3n) is 5.60. The van der Waals surface area contributed by atoms with E-state index in [0.717, 1.165) is 11.1 Å². The lowest BCUT2D eigenvalue weighted by atomic mass is 9.76. The number of allylic oxidation sites excluding steroid dienone is 2. The highest BCUT2D eigenvalue weighted by Crippen LogP contribution is 2.34. The van der Waals surface area contributed by atoms with Crippen LogP contribution in [0.3, 0.4) is 0 Å². The van der Waals surface area contributed by atoms with Gasteiger partial charge in [0.05, 0.1) is 19.1 Å². The molecular weight excluding hydrogens is 360 g/mol. The van der Waals surface area contributed by atoms with Gasteiger partial charge in [-0.2, -0.15) is 0 Å². The lowest BCUT2D eigenvalue weighted by Gasteiger charge is -2.32. The smallest absolute Gasteiger partial charge is 0.254 e. The van der Waals surface area contributed by atoms with Crippen LogP contribution in [0, 0.1) is 11.8 Å². The lowest BCUT2D eigenvalue weighted by Crippen LogP contribution is -2.42. The molecule has 1 aromatic carbocycles. The monoisotopic (exact) mass is 385 g/mol. The molecule has 2 aliphatic rings. The van der Waals surface area contributed by atoms with Crippen LogP contribution in [0.25, 0.3) is 0 Å². The third-order valence-corrected chi connectivity index (χ3v) is 5.60. The maximum atomic E-state index is 12.7. The molecule has 150 valence electrons. The highest BCUT2D eigenvalue weighted by Gasteiger charge is 2.33. The number of hydrogen-bond donors (Lipinski definition) is 1. The molecule has 7 nitrogen and oxygen atoms in total. The van der Waals surface area contributed by atoms with Crippen LogP contribution in [0.4, 0.5) is 5.69 Å². The molecule has 0 bridgehead atoms. The van der Waals surface area contributed by atoms with Crippen molar-refractivity contribution in [3.05, 3.63) is 41.0 Å². The summed E-state index contributed by atoms with van der Waals surface area (Å²) in [5, 5.41) is 14.3. The number of nitrogens with zero attached hydrogens (tertiary/aromatic N) is 1. The maximum Gasteiger partial charge on any atom is 0.254 e. The molecule has 2 amide bonds. The molecule has 2 atom stereocenters. The van der Waals surface area contributed by atoms with Crippen molar-refractivity contribution >= 4 is 23.5 Å². The molecule has 0 saturated carbocycles. The van der Waals surface area contributed by atoms with Gasteiger partial charge >= 0.3 is 0 Å². The molecule has 1 aliphatic heterocycles. The Morgan fingerprint density at radius 2 is 1.57 bits per heavy atom. The highest BCUT2D eigenvalue weighted by atomic mass is 16.5. The molecule has 1 fully saturated rings. The number of benzene rings is 1. The van der Waals surface area contributed by atoms with Crippen LogP contribution in [-0.4, -0.2) is 49.0 Å². The summed E-state index contributed by atoms with van der Waals surface area (Å²) in [6.45, 7) is 6.02. The van der Waals surface area contributed by atoms with Crippen molar-refractivity contribution in [2.75, 3.05) is 31.6 Å². The number of morpholine rings is 1. The molecule has 0 unspecified atom stereocenters. The summed E-state index contributed by atoms with van der Waals surface area (Å²) in [4.78, 5) is 38.4. The molecule has 1 N–H and O–H groups in total. The fraction of sp³-hybridized carbons (Fsp3) is 0.476. The standard InChI is InChI=1S/C21H26N2O5/c1-13-11-17(18(21(26)27)12-14(13)2)19(24)22-16-5-3-15(4-6-16)20(25)23-7-9-28-10-8-23/h3-6,17-18H,7-12H2,1-2H3,(H,22,24)(H,26,27)/p-1/t17-,18-/m1/s1. The van der Waals surface area contributed by atoms with Crippen molar-refractivity contribution in [2.24, 2.45) is 11.8 Å². The van der Waals surface area contributed by atoms with Crippen LogP contribution < -0.4 is 10.4 Å². The number of anilines is 1. The van der Waals surface area contributed by atoms with Gasteiger partial charge in [-0.25, -0.2) is 0 Å². The Morgan fingerprint density at radius 1 is 1.00 bits per heavy atom. The van der Waals surface area contributed by atoms with E-state index in [1.165, 1.54) is 0 Å². The zero-order valence-electron chi connectivity index (χ0n) is 16.2. The summed E-state index contributed by atoms with van der Waals surface area (Å²) in [6, 6.07) is 6.66. The van der Waals surface area contributed by atoms with Gasteiger partial charge in [-0.15, -0.1) is 0 Å². The number of amides is 2. The summed E-state index contributed by atoms with van der Waals surface area (Å²) in [7, 11) is 0. The number of rotatable bonds is 4. The zero-order chi connectivity index (χ0) is 20.3. The second kappa shape index (κ2) is 8.56. The van der Waals surface area contributed by atoms with E-state index in [9.17, 15) is 19.5 Å². The van der Waals surface area contributed by atoms with Crippen molar-refractivity contribution in [3.63, 3.8) is 0 Å². The number of aliphatic carboxylic acids is 1. The maximum absolute atomic E-state index is 12.7. The van der Waals surface area contributed by atoms with Gasteiger partial charge in [0.25, 0.3) is 5.91 Å². The SMILES string of the molecule is CC1=C(C)C[C@@H](C(=O)Nc2ccc(C(=O)N3CCOCC3)cc2)[C@H](C(=O)[O-])C1. The number of hydrogen-bond acceptors (Lipinski definition) is 5. The van der Waals surface area contributed by atoms with Crippen LogP contribution in [0.2, 0.25) is 0 Å². The predicted molar refractivity (Wildman–Crippen MR) is 101 cm³/mol. The van der Waals surface area contributed by atoms with Crippen LogP contribution in [0.1, 0.15) is 37.0 Å². The molecular formula is C21H25N2O5-. The molecule has 0 radical (unpaired) electrons. The van der Waals surface area contributed by atoms with E-state index in [1.54, 1.807) is 29.2 Å². The number of carboxylic acids is 1. The molecule has 1 heterocycles. The second-order valence-electron chi connectivity index (χ2n) is 7.47. The van der Waals surface area contributed by atoms with Crippen LogP contribution in [0.15, 0.2) is 35.4 Å². The summed E-state index contributed by atoms with van der Waals surface area (Å²) in [6.07, 6.45) is 0.739. The number of carbonyl (C=O) groups excluding carboxylic acids is 3. The molecule has 28 heavy (non-hydrogen) atoms. The Balaban J connectivity index is 1.67. The summed E-state index contributed by atoms with van der Waals surface area (Å²) in [5.74, 6) is -3.09. The fourth-order valence-corrected chi connectivity index (χ4v) is 3.70. The number of carboxylic acid groups (broad SMARTS) is 1. The van der Waals surface area contributed by atoms with E-state index < -0.39 is 17.8 Å². The topological polar surface area (TPSA) is 98.8 Å². The molecule has 0 aromatic heterocycles. The van der Waals surface area contributed by atoms with Gasteiger partial charge in [0.15, 0.2) is 0 Å². The Morgan fingerprint density at radius 3 is 2.14 bits per heavy atom. The average molecular weight is 385 g/mol. The van der Waals surface area contributed by atoms with Crippen molar-refractivity contribution in [1.82, 2.24) is 4.90 Å². The average Bonchev–Trinajstić information content (AvgIpc) is 2.70. The van der Waals surface area contributed by atoms with Crippen molar-refractivity contribution in [1.29, 1.82) is 0 Å². The normalized spacial score (nSPS) is 22.7. The molecule has 3 rings (SSSR count). The Labute approximate surface area is 164 Å². The molecule has 1 saturated heterocycles. The van der Waals surface area contributed by atoms with E-state index in [4.69, 9.17) is 4.74 Å². The first kappa shape index (κ1) is 20.1. The number of carbonyl (C=O) groups is 3. The Bertz CT molecular complexity index is 794. The minimum Gasteiger partial charge on any atom is -0.550 e. The van der Waals surface area contributed by atoms with Gasteiger partial charge in [0.2, 0.25) is 5.91 Å². The molecule has 0 spiro atoms. The summed E-state index contributed by atoms with van der Waals surface area (Å²) in [5.41, 5.74) is 3.12.